The van der Waals surface area contributed by atoms with Gasteiger partial charge in [0.2, 0.25) is 11.7 Å². The van der Waals surface area contributed by atoms with Gasteiger partial charge < -0.3 is 10.3 Å². The van der Waals surface area contributed by atoms with Crippen molar-refractivity contribution in [2.45, 2.75) is 37.6 Å². The first kappa shape index (κ1) is 12.7. The number of halogens is 1. The van der Waals surface area contributed by atoms with Gasteiger partial charge in [0, 0.05) is 10.7 Å². The lowest BCUT2D eigenvalue weighted by Gasteiger charge is -2.29. The summed E-state index contributed by atoms with van der Waals surface area (Å²) in [5.41, 5.74) is 6.60. The molecule has 3 rings (SSSR count). The molecule has 1 aliphatic rings. The molecule has 0 amide bonds. The number of nitrogens with two attached hydrogens (primary N) is 1. The third kappa shape index (κ3) is 2.55. The molecule has 0 unspecified atom stereocenters. The zero-order valence-corrected chi connectivity index (χ0v) is 12.1. The van der Waals surface area contributed by atoms with Crippen molar-refractivity contribution in [3.05, 3.63) is 28.7 Å². The highest BCUT2D eigenvalue weighted by atomic mass is 79.9. The molecule has 0 spiro atoms. The predicted molar refractivity (Wildman–Crippen MR) is 74.2 cm³/mol. The fourth-order valence-corrected chi connectivity index (χ4v) is 2.67. The van der Waals surface area contributed by atoms with Crippen molar-refractivity contribution < 1.29 is 4.52 Å². The zero-order valence-electron chi connectivity index (χ0n) is 10.5. The van der Waals surface area contributed by atoms with Crippen LogP contribution in [-0.2, 0) is 5.54 Å². The standard InChI is InChI=1S/C13H15BrN4O/c14-9-4-5-10(16-8-9)11-17-12(19-18-11)13(15)6-2-1-3-7-13/h4-5,8H,1-3,6-7,15H2. The van der Waals surface area contributed by atoms with Gasteiger partial charge in [0.25, 0.3) is 0 Å². The van der Waals surface area contributed by atoms with Crippen LogP contribution in [0, 0.1) is 0 Å². The van der Waals surface area contributed by atoms with Gasteiger partial charge in [0.1, 0.15) is 5.69 Å². The van der Waals surface area contributed by atoms with Gasteiger partial charge in [0.05, 0.1) is 5.54 Å². The van der Waals surface area contributed by atoms with Crippen LogP contribution in [-0.4, -0.2) is 15.1 Å². The smallest absolute Gasteiger partial charge is 0.247 e. The first-order chi connectivity index (χ1) is 9.17. The molecule has 0 aromatic carbocycles. The van der Waals surface area contributed by atoms with E-state index in [0.29, 0.717) is 17.4 Å². The normalized spacial score (nSPS) is 18.4. The second-order valence-electron chi connectivity index (χ2n) is 5.00. The number of aromatic nitrogens is 3. The molecule has 2 aromatic rings. The van der Waals surface area contributed by atoms with Gasteiger partial charge in [-0.3, -0.25) is 4.98 Å². The summed E-state index contributed by atoms with van der Waals surface area (Å²) in [5.74, 6) is 1.03. The lowest BCUT2D eigenvalue weighted by molar-refractivity contribution is 0.220. The Kier molecular flexibility index (Phi) is 3.36. The first-order valence-corrected chi connectivity index (χ1v) is 7.22. The highest BCUT2D eigenvalue weighted by molar-refractivity contribution is 9.10. The van der Waals surface area contributed by atoms with Crippen LogP contribution >= 0.6 is 15.9 Å². The van der Waals surface area contributed by atoms with Crippen LogP contribution in [0.4, 0.5) is 0 Å². The quantitative estimate of drug-likeness (QED) is 0.919. The average molecular weight is 323 g/mol. The van der Waals surface area contributed by atoms with Gasteiger partial charge in [-0.05, 0) is 40.9 Å². The van der Waals surface area contributed by atoms with Gasteiger partial charge >= 0.3 is 0 Å². The molecule has 2 N–H and O–H groups in total. The molecule has 0 saturated heterocycles. The van der Waals surface area contributed by atoms with Crippen molar-refractivity contribution in [2.24, 2.45) is 5.73 Å². The minimum Gasteiger partial charge on any atom is -0.337 e. The third-order valence-electron chi connectivity index (χ3n) is 3.55. The molecule has 0 aliphatic heterocycles. The van der Waals surface area contributed by atoms with Crippen LogP contribution in [0.3, 0.4) is 0 Å². The molecule has 0 atom stereocenters. The molecule has 6 heteroatoms. The Labute approximate surface area is 119 Å². The van der Waals surface area contributed by atoms with Crippen LogP contribution in [0.25, 0.3) is 11.5 Å². The largest absolute Gasteiger partial charge is 0.337 e. The molecule has 1 fully saturated rings. The van der Waals surface area contributed by atoms with Gasteiger partial charge in [-0.1, -0.05) is 24.4 Å². The second kappa shape index (κ2) is 5.02. The molecule has 1 saturated carbocycles. The molecule has 1 aliphatic carbocycles. The van der Waals surface area contributed by atoms with Crippen LogP contribution in [0.5, 0.6) is 0 Å². The van der Waals surface area contributed by atoms with E-state index in [2.05, 4.69) is 31.1 Å². The summed E-state index contributed by atoms with van der Waals surface area (Å²) in [6, 6.07) is 3.75. The number of nitrogens with zero attached hydrogens (tertiary/aromatic N) is 3. The fourth-order valence-electron chi connectivity index (χ4n) is 2.43. The number of hydrogen-bond donors (Lipinski definition) is 1. The van der Waals surface area contributed by atoms with Crippen molar-refractivity contribution in [2.75, 3.05) is 0 Å². The first-order valence-electron chi connectivity index (χ1n) is 6.42. The number of pyridine rings is 1. The molecule has 5 nitrogen and oxygen atoms in total. The van der Waals surface area contributed by atoms with E-state index in [1.807, 2.05) is 12.1 Å². The maximum absolute atomic E-state index is 6.37. The lowest BCUT2D eigenvalue weighted by atomic mass is 9.82. The topological polar surface area (TPSA) is 77.8 Å². The maximum Gasteiger partial charge on any atom is 0.247 e. The zero-order chi connectivity index (χ0) is 13.3. The maximum atomic E-state index is 6.37. The van der Waals surface area contributed by atoms with E-state index in [-0.39, 0.29) is 0 Å². The second-order valence-corrected chi connectivity index (χ2v) is 5.92. The molecule has 0 radical (unpaired) electrons. The molecule has 19 heavy (non-hydrogen) atoms. The van der Waals surface area contributed by atoms with E-state index in [1.165, 1.54) is 6.42 Å². The third-order valence-corrected chi connectivity index (χ3v) is 4.02. The van der Waals surface area contributed by atoms with E-state index in [0.717, 1.165) is 30.2 Å². The average Bonchev–Trinajstić information content (AvgIpc) is 2.91. The van der Waals surface area contributed by atoms with Crippen molar-refractivity contribution in [1.82, 2.24) is 15.1 Å². The van der Waals surface area contributed by atoms with Gasteiger partial charge in [-0.15, -0.1) is 0 Å². The van der Waals surface area contributed by atoms with E-state index < -0.39 is 5.54 Å². The summed E-state index contributed by atoms with van der Waals surface area (Å²) in [4.78, 5) is 8.68. The van der Waals surface area contributed by atoms with Gasteiger partial charge in [-0.2, -0.15) is 4.98 Å². The lowest BCUT2D eigenvalue weighted by Crippen LogP contribution is -2.38. The summed E-state index contributed by atoms with van der Waals surface area (Å²) in [5, 5.41) is 3.99. The molecular weight excluding hydrogens is 308 g/mol. The van der Waals surface area contributed by atoms with Crippen LogP contribution in [0.1, 0.15) is 38.0 Å². The fraction of sp³-hybridized carbons (Fsp3) is 0.462. The van der Waals surface area contributed by atoms with Crippen molar-refractivity contribution >= 4 is 15.9 Å². The minimum atomic E-state index is -0.459. The SMILES string of the molecule is NC1(c2nc(-c3ccc(Br)cn3)no2)CCCCC1. The predicted octanol–water partition coefficient (Wildman–Crippen LogP) is 3.01. The molecule has 2 heterocycles. The molecular formula is C13H15BrN4O. The van der Waals surface area contributed by atoms with E-state index in [9.17, 15) is 0 Å². The molecule has 0 bridgehead atoms. The van der Waals surface area contributed by atoms with Crippen LogP contribution in [0.2, 0.25) is 0 Å². The Morgan fingerprint density at radius 2 is 2.00 bits per heavy atom. The van der Waals surface area contributed by atoms with E-state index in [1.54, 1.807) is 6.20 Å². The van der Waals surface area contributed by atoms with Crippen LogP contribution in [0.15, 0.2) is 27.3 Å². The number of rotatable bonds is 2. The summed E-state index contributed by atoms with van der Waals surface area (Å²) in [6.07, 6.45) is 6.98. The Balaban J connectivity index is 1.88. The molecule has 100 valence electrons. The van der Waals surface area contributed by atoms with Crippen molar-refractivity contribution in [3.63, 3.8) is 0 Å². The summed E-state index contributed by atoms with van der Waals surface area (Å²) < 4.78 is 6.27. The highest BCUT2D eigenvalue weighted by Crippen LogP contribution is 2.34. The van der Waals surface area contributed by atoms with Crippen molar-refractivity contribution in [3.8, 4) is 11.5 Å². The summed E-state index contributed by atoms with van der Waals surface area (Å²) in [7, 11) is 0. The van der Waals surface area contributed by atoms with Gasteiger partial charge in [-0.25, -0.2) is 0 Å². The Morgan fingerprint density at radius 3 is 2.68 bits per heavy atom. The highest BCUT2D eigenvalue weighted by Gasteiger charge is 2.35. The Bertz CT molecular complexity index is 560. The molecule has 2 aromatic heterocycles. The van der Waals surface area contributed by atoms with Crippen LogP contribution < -0.4 is 5.73 Å². The number of hydrogen-bond acceptors (Lipinski definition) is 5. The Hall–Kier alpha value is -1.27. The van der Waals surface area contributed by atoms with E-state index in [4.69, 9.17) is 10.3 Å². The Morgan fingerprint density at radius 1 is 1.21 bits per heavy atom. The minimum absolute atomic E-state index is 0.459. The van der Waals surface area contributed by atoms with Crippen molar-refractivity contribution in [1.29, 1.82) is 0 Å². The van der Waals surface area contributed by atoms with Gasteiger partial charge in [0.15, 0.2) is 0 Å². The summed E-state index contributed by atoms with van der Waals surface area (Å²) >= 11 is 3.35. The summed E-state index contributed by atoms with van der Waals surface area (Å²) in [6.45, 7) is 0. The van der Waals surface area contributed by atoms with E-state index >= 15 is 0 Å². The monoisotopic (exact) mass is 322 g/mol.